The smallest absolute Gasteiger partial charge is 0.324 e. The number of hydrogen-bond acceptors (Lipinski definition) is 3. The molecule has 2 aliphatic heterocycles. The predicted molar refractivity (Wildman–Crippen MR) is 98.8 cm³/mol. The predicted octanol–water partition coefficient (Wildman–Crippen LogP) is 2.65. The van der Waals surface area contributed by atoms with E-state index in [1.54, 1.807) is 11.9 Å². The Morgan fingerprint density at radius 1 is 1.28 bits per heavy atom. The van der Waals surface area contributed by atoms with Crippen molar-refractivity contribution in [3.8, 4) is 0 Å². The Balaban J connectivity index is 1.64. The van der Waals surface area contributed by atoms with Crippen molar-refractivity contribution >= 4 is 23.5 Å². The van der Waals surface area contributed by atoms with Crippen molar-refractivity contribution in [1.29, 1.82) is 0 Å². The maximum absolute atomic E-state index is 12.7. The van der Waals surface area contributed by atoms with Crippen LogP contribution in [0.5, 0.6) is 0 Å². The number of benzene rings is 1. The molecule has 0 unspecified atom stereocenters. The Hall–Kier alpha value is -2.37. The summed E-state index contributed by atoms with van der Waals surface area (Å²) in [5, 5.41) is 2.94. The monoisotopic (exact) mass is 342 g/mol. The molecule has 1 fully saturated rings. The van der Waals surface area contributed by atoms with Crippen molar-refractivity contribution in [2.45, 2.75) is 38.6 Å². The number of para-hydroxylation sites is 1. The SMILES string of the molecule is CC(C)CC1=NC2(CCN(C(=O)N(C)c3ccccc3)CC2)C(=O)N1. The number of rotatable bonds is 3. The summed E-state index contributed by atoms with van der Waals surface area (Å²) in [6.07, 6.45) is 1.94. The van der Waals surface area contributed by atoms with Gasteiger partial charge in [-0.25, -0.2) is 4.79 Å². The van der Waals surface area contributed by atoms with E-state index >= 15 is 0 Å². The van der Waals surface area contributed by atoms with Gasteiger partial charge in [0.2, 0.25) is 0 Å². The van der Waals surface area contributed by atoms with Crippen molar-refractivity contribution in [3.63, 3.8) is 0 Å². The Morgan fingerprint density at radius 2 is 1.92 bits per heavy atom. The molecule has 1 saturated heterocycles. The number of aliphatic imine (C=N–C) groups is 1. The van der Waals surface area contributed by atoms with Gasteiger partial charge in [0.1, 0.15) is 11.4 Å². The van der Waals surface area contributed by atoms with Crippen LogP contribution in [-0.4, -0.2) is 48.3 Å². The first-order valence-corrected chi connectivity index (χ1v) is 8.89. The molecule has 3 rings (SSSR count). The molecule has 0 atom stereocenters. The molecule has 0 aliphatic carbocycles. The van der Waals surface area contributed by atoms with E-state index in [9.17, 15) is 9.59 Å². The normalized spacial score (nSPS) is 19.1. The van der Waals surface area contributed by atoms with E-state index in [0.29, 0.717) is 31.8 Å². The van der Waals surface area contributed by atoms with Crippen LogP contribution in [0.1, 0.15) is 33.1 Å². The van der Waals surface area contributed by atoms with E-state index < -0.39 is 5.54 Å². The summed E-state index contributed by atoms with van der Waals surface area (Å²) in [7, 11) is 1.78. The molecule has 1 spiro atoms. The molecule has 1 aromatic rings. The van der Waals surface area contributed by atoms with Crippen LogP contribution < -0.4 is 10.2 Å². The summed E-state index contributed by atoms with van der Waals surface area (Å²) in [5.74, 6) is 1.24. The molecule has 1 aromatic carbocycles. The van der Waals surface area contributed by atoms with E-state index in [1.807, 2.05) is 35.2 Å². The highest BCUT2D eigenvalue weighted by atomic mass is 16.2. The number of carbonyl (C=O) groups excluding carboxylic acids is 2. The molecular formula is C19H26N4O2. The molecule has 0 bridgehead atoms. The van der Waals surface area contributed by atoms with Gasteiger partial charge in [-0.05, 0) is 30.9 Å². The topological polar surface area (TPSA) is 65.0 Å². The van der Waals surface area contributed by atoms with E-state index in [-0.39, 0.29) is 11.9 Å². The fraction of sp³-hybridized carbons (Fsp3) is 0.526. The number of amidine groups is 1. The second-order valence-corrected chi connectivity index (χ2v) is 7.31. The van der Waals surface area contributed by atoms with Crippen LogP contribution >= 0.6 is 0 Å². The summed E-state index contributed by atoms with van der Waals surface area (Å²) in [5.41, 5.74) is 0.190. The lowest BCUT2D eigenvalue weighted by molar-refractivity contribution is -0.125. The maximum atomic E-state index is 12.7. The van der Waals surface area contributed by atoms with Crippen molar-refractivity contribution in [3.05, 3.63) is 30.3 Å². The number of nitrogens with zero attached hydrogens (tertiary/aromatic N) is 3. The number of urea groups is 1. The van der Waals surface area contributed by atoms with Gasteiger partial charge in [-0.1, -0.05) is 32.0 Å². The third-order valence-electron chi connectivity index (χ3n) is 4.92. The number of nitrogens with one attached hydrogen (secondary N) is 1. The molecule has 6 heteroatoms. The van der Waals surface area contributed by atoms with Gasteiger partial charge in [-0.15, -0.1) is 0 Å². The molecule has 6 nitrogen and oxygen atoms in total. The molecule has 1 N–H and O–H groups in total. The first-order valence-electron chi connectivity index (χ1n) is 8.89. The third kappa shape index (κ3) is 3.52. The zero-order valence-electron chi connectivity index (χ0n) is 15.2. The summed E-state index contributed by atoms with van der Waals surface area (Å²) in [6, 6.07) is 9.55. The van der Waals surface area contributed by atoms with E-state index in [4.69, 9.17) is 4.99 Å². The van der Waals surface area contributed by atoms with Crippen molar-refractivity contribution in [2.75, 3.05) is 25.0 Å². The van der Waals surface area contributed by atoms with Crippen LogP contribution in [0.15, 0.2) is 35.3 Å². The highest BCUT2D eigenvalue weighted by Gasteiger charge is 2.46. The summed E-state index contributed by atoms with van der Waals surface area (Å²) < 4.78 is 0. The highest BCUT2D eigenvalue weighted by molar-refractivity contribution is 6.08. The Bertz CT molecular complexity index is 676. The van der Waals surface area contributed by atoms with Crippen LogP contribution in [0.4, 0.5) is 10.5 Å². The zero-order chi connectivity index (χ0) is 18.0. The zero-order valence-corrected chi connectivity index (χ0v) is 15.2. The van der Waals surface area contributed by atoms with E-state index in [0.717, 1.165) is 17.9 Å². The van der Waals surface area contributed by atoms with Crippen molar-refractivity contribution < 1.29 is 9.59 Å². The second-order valence-electron chi connectivity index (χ2n) is 7.31. The maximum Gasteiger partial charge on any atom is 0.324 e. The lowest BCUT2D eigenvalue weighted by atomic mass is 9.88. The van der Waals surface area contributed by atoms with Gasteiger partial charge in [-0.2, -0.15) is 0 Å². The van der Waals surface area contributed by atoms with Gasteiger partial charge >= 0.3 is 6.03 Å². The van der Waals surface area contributed by atoms with Crippen molar-refractivity contribution in [2.24, 2.45) is 10.9 Å². The van der Waals surface area contributed by atoms with Gasteiger partial charge in [0.05, 0.1) is 0 Å². The largest absolute Gasteiger partial charge is 0.324 e. The molecule has 0 radical (unpaired) electrons. The molecule has 0 aromatic heterocycles. The number of hydrogen-bond donors (Lipinski definition) is 1. The van der Waals surface area contributed by atoms with Crippen LogP contribution in [0, 0.1) is 5.92 Å². The summed E-state index contributed by atoms with van der Waals surface area (Å²) >= 11 is 0. The molecule has 2 aliphatic rings. The lowest BCUT2D eigenvalue weighted by Crippen LogP contribution is -2.53. The molecular weight excluding hydrogens is 316 g/mol. The lowest BCUT2D eigenvalue weighted by Gasteiger charge is -2.37. The van der Waals surface area contributed by atoms with Gasteiger partial charge < -0.3 is 10.2 Å². The number of piperidine rings is 1. The number of anilines is 1. The van der Waals surface area contributed by atoms with Crippen LogP contribution in [0.2, 0.25) is 0 Å². The summed E-state index contributed by atoms with van der Waals surface area (Å²) in [4.78, 5) is 33.3. The van der Waals surface area contributed by atoms with Gasteiger partial charge in [0.15, 0.2) is 0 Å². The Labute approximate surface area is 148 Å². The minimum absolute atomic E-state index is 0.00772. The number of likely N-dealkylation sites (tertiary alicyclic amines) is 1. The molecule has 3 amide bonds. The van der Waals surface area contributed by atoms with Gasteiger partial charge in [0, 0.05) is 32.2 Å². The average Bonchev–Trinajstić information content (AvgIpc) is 2.89. The van der Waals surface area contributed by atoms with Gasteiger partial charge in [0.25, 0.3) is 5.91 Å². The molecule has 25 heavy (non-hydrogen) atoms. The van der Waals surface area contributed by atoms with E-state index in [1.165, 1.54) is 0 Å². The minimum Gasteiger partial charge on any atom is -0.324 e. The van der Waals surface area contributed by atoms with Crippen LogP contribution in [0.25, 0.3) is 0 Å². The number of amides is 3. The molecule has 134 valence electrons. The quantitative estimate of drug-likeness (QED) is 0.918. The average molecular weight is 342 g/mol. The molecule has 2 heterocycles. The molecule has 0 saturated carbocycles. The standard InChI is InChI=1S/C19H26N4O2/c1-14(2)13-16-20-17(24)19(21-16)9-11-23(12-10-19)18(25)22(3)15-7-5-4-6-8-15/h4-8,14H,9-13H2,1-3H3,(H,20,21,24). The summed E-state index contributed by atoms with van der Waals surface area (Å²) in [6.45, 7) is 5.31. The fourth-order valence-electron chi connectivity index (χ4n) is 3.45. The van der Waals surface area contributed by atoms with Crippen LogP contribution in [0.3, 0.4) is 0 Å². The van der Waals surface area contributed by atoms with Crippen LogP contribution in [-0.2, 0) is 4.79 Å². The first-order chi connectivity index (χ1) is 11.9. The Kier molecular flexibility index (Phi) is 4.79. The Morgan fingerprint density at radius 3 is 2.52 bits per heavy atom. The highest BCUT2D eigenvalue weighted by Crippen LogP contribution is 2.31. The van der Waals surface area contributed by atoms with Crippen molar-refractivity contribution in [1.82, 2.24) is 10.2 Å². The second kappa shape index (κ2) is 6.86. The van der Waals surface area contributed by atoms with E-state index in [2.05, 4.69) is 19.2 Å². The number of carbonyl (C=O) groups is 2. The third-order valence-corrected chi connectivity index (χ3v) is 4.92. The first kappa shape index (κ1) is 17.5. The van der Waals surface area contributed by atoms with Gasteiger partial charge in [-0.3, -0.25) is 14.7 Å². The minimum atomic E-state index is -0.674. The fourth-order valence-corrected chi connectivity index (χ4v) is 3.45.